The van der Waals surface area contributed by atoms with Gasteiger partial charge in [0.25, 0.3) is 0 Å². The van der Waals surface area contributed by atoms with E-state index >= 15 is 0 Å². The standard InChI is InChI=1S/C45H83NO4/c1-3-5-7-9-11-13-15-17-19-21-22-23-24-26-28-30-32-34-36-38-42(48)40-45(50)46-43(41-47)44(49)39-37-35-33-31-29-27-25-20-18-16-14-12-10-8-6-4-2/h5,7,11,13,29,31,37,39,42-44,47-49H,3-4,6,8-10,12,14-28,30,32-36,38,40-41H2,1-2H3,(H,46,50)/b7-5-,13-11-,31-29+,39-37+. The van der Waals surface area contributed by atoms with Crippen LogP contribution in [-0.2, 0) is 4.79 Å². The Labute approximate surface area is 310 Å². The predicted octanol–water partition coefficient (Wildman–Crippen LogP) is 12.2. The average molecular weight is 702 g/mol. The summed E-state index contributed by atoms with van der Waals surface area (Å²) in [5, 5.41) is 33.2. The number of rotatable bonds is 38. The Hall–Kier alpha value is -1.69. The summed E-state index contributed by atoms with van der Waals surface area (Å²) < 4.78 is 0. The van der Waals surface area contributed by atoms with Crippen LogP contribution in [0.1, 0.15) is 206 Å². The fraction of sp³-hybridized carbons (Fsp3) is 0.800. The minimum atomic E-state index is -0.952. The normalized spacial score (nSPS) is 14.1. The molecule has 3 atom stereocenters. The van der Waals surface area contributed by atoms with Gasteiger partial charge in [0.1, 0.15) is 0 Å². The van der Waals surface area contributed by atoms with Crippen LogP contribution in [0.25, 0.3) is 0 Å². The molecule has 4 N–H and O–H groups in total. The maximum Gasteiger partial charge on any atom is 0.222 e. The van der Waals surface area contributed by atoms with Crippen molar-refractivity contribution in [1.82, 2.24) is 5.32 Å². The van der Waals surface area contributed by atoms with Crippen molar-refractivity contribution in [2.75, 3.05) is 6.61 Å². The van der Waals surface area contributed by atoms with Crippen molar-refractivity contribution in [2.45, 2.75) is 225 Å². The van der Waals surface area contributed by atoms with Gasteiger partial charge in [0, 0.05) is 0 Å². The molecule has 0 rings (SSSR count). The molecule has 0 aliphatic rings. The molecule has 0 aromatic heterocycles. The molecule has 5 heteroatoms. The third-order valence-electron chi connectivity index (χ3n) is 9.60. The highest BCUT2D eigenvalue weighted by atomic mass is 16.3. The zero-order chi connectivity index (χ0) is 36.6. The molecule has 0 heterocycles. The molecule has 3 unspecified atom stereocenters. The van der Waals surface area contributed by atoms with Crippen molar-refractivity contribution in [3.05, 3.63) is 48.6 Å². The zero-order valence-corrected chi connectivity index (χ0v) is 33.0. The maximum atomic E-state index is 12.4. The lowest BCUT2D eigenvalue weighted by Gasteiger charge is -2.21. The van der Waals surface area contributed by atoms with Gasteiger partial charge in [-0.1, -0.05) is 191 Å². The molecule has 0 aromatic carbocycles. The number of amides is 1. The Bertz CT molecular complexity index is 820. The Morgan fingerprint density at radius 2 is 0.980 bits per heavy atom. The Morgan fingerprint density at radius 1 is 0.540 bits per heavy atom. The second-order valence-electron chi connectivity index (χ2n) is 14.6. The quantitative estimate of drug-likeness (QED) is 0.0381. The largest absolute Gasteiger partial charge is 0.394 e. The number of carbonyl (C=O) groups is 1. The smallest absolute Gasteiger partial charge is 0.222 e. The molecule has 0 radical (unpaired) electrons. The first-order valence-corrected chi connectivity index (χ1v) is 21.4. The van der Waals surface area contributed by atoms with Crippen molar-refractivity contribution in [3.8, 4) is 0 Å². The number of unbranched alkanes of at least 4 members (excludes halogenated alkanes) is 23. The minimum absolute atomic E-state index is 0.00409. The van der Waals surface area contributed by atoms with Gasteiger partial charge in [-0.2, -0.15) is 0 Å². The van der Waals surface area contributed by atoms with E-state index in [2.05, 4.69) is 55.6 Å². The van der Waals surface area contributed by atoms with Gasteiger partial charge in [-0.05, 0) is 57.8 Å². The van der Waals surface area contributed by atoms with E-state index in [4.69, 9.17) is 0 Å². The molecule has 50 heavy (non-hydrogen) atoms. The molecule has 0 aliphatic heterocycles. The number of aliphatic hydroxyl groups is 3. The third kappa shape index (κ3) is 36.1. The van der Waals surface area contributed by atoms with Crippen LogP contribution in [-0.4, -0.2) is 46.1 Å². The molecule has 0 fully saturated rings. The lowest BCUT2D eigenvalue weighted by atomic mass is 10.0. The maximum absolute atomic E-state index is 12.4. The Kier molecular flexibility index (Phi) is 38.7. The molecular formula is C45H83NO4. The number of hydrogen-bond donors (Lipinski definition) is 4. The molecule has 0 saturated carbocycles. The molecule has 0 spiro atoms. The third-order valence-corrected chi connectivity index (χ3v) is 9.60. The van der Waals surface area contributed by atoms with E-state index in [1.54, 1.807) is 6.08 Å². The molecule has 0 bridgehead atoms. The molecule has 5 nitrogen and oxygen atoms in total. The summed E-state index contributed by atoms with van der Waals surface area (Å²) in [6, 6.07) is -0.761. The van der Waals surface area contributed by atoms with E-state index in [-0.39, 0.29) is 18.9 Å². The van der Waals surface area contributed by atoms with E-state index < -0.39 is 18.2 Å². The number of nitrogens with one attached hydrogen (secondary N) is 1. The number of carbonyl (C=O) groups excluding carboxylic acids is 1. The highest BCUT2D eigenvalue weighted by Crippen LogP contribution is 2.15. The summed E-state index contributed by atoms with van der Waals surface area (Å²) in [5.41, 5.74) is 0. The number of aliphatic hydroxyl groups excluding tert-OH is 3. The van der Waals surface area contributed by atoms with Crippen molar-refractivity contribution in [3.63, 3.8) is 0 Å². The van der Waals surface area contributed by atoms with E-state index in [0.717, 1.165) is 44.9 Å². The number of hydrogen-bond acceptors (Lipinski definition) is 4. The summed E-state index contributed by atoms with van der Waals surface area (Å²) in [5.74, 6) is -0.328. The van der Waals surface area contributed by atoms with Crippen molar-refractivity contribution in [2.24, 2.45) is 0 Å². The second kappa shape index (κ2) is 40.1. The molecule has 1 amide bonds. The van der Waals surface area contributed by atoms with Gasteiger partial charge in [-0.25, -0.2) is 0 Å². The van der Waals surface area contributed by atoms with Crippen LogP contribution in [0.2, 0.25) is 0 Å². The van der Waals surface area contributed by atoms with Crippen LogP contribution >= 0.6 is 0 Å². The van der Waals surface area contributed by atoms with Gasteiger partial charge in [-0.15, -0.1) is 0 Å². The summed E-state index contributed by atoms with van der Waals surface area (Å²) in [6.45, 7) is 4.09. The summed E-state index contributed by atoms with van der Waals surface area (Å²) in [4.78, 5) is 12.4. The van der Waals surface area contributed by atoms with Crippen LogP contribution in [0.5, 0.6) is 0 Å². The lowest BCUT2D eigenvalue weighted by molar-refractivity contribution is -0.124. The summed E-state index contributed by atoms with van der Waals surface area (Å²) in [7, 11) is 0. The first-order chi connectivity index (χ1) is 24.5. The zero-order valence-electron chi connectivity index (χ0n) is 33.0. The first-order valence-electron chi connectivity index (χ1n) is 21.4. The molecule has 0 aliphatic carbocycles. The van der Waals surface area contributed by atoms with Crippen molar-refractivity contribution in [1.29, 1.82) is 0 Å². The van der Waals surface area contributed by atoms with Crippen LogP contribution < -0.4 is 5.32 Å². The Balaban J connectivity index is 3.71. The van der Waals surface area contributed by atoms with E-state index in [0.29, 0.717) is 6.42 Å². The second-order valence-corrected chi connectivity index (χ2v) is 14.6. The van der Waals surface area contributed by atoms with Crippen LogP contribution in [0.15, 0.2) is 48.6 Å². The van der Waals surface area contributed by atoms with E-state index in [1.807, 2.05) is 6.08 Å². The van der Waals surface area contributed by atoms with Gasteiger partial charge < -0.3 is 20.6 Å². The molecule has 0 aromatic rings. The lowest BCUT2D eigenvalue weighted by Crippen LogP contribution is -2.45. The Morgan fingerprint density at radius 3 is 1.50 bits per heavy atom. The van der Waals surface area contributed by atoms with E-state index in [9.17, 15) is 20.1 Å². The molecular weight excluding hydrogens is 618 g/mol. The highest BCUT2D eigenvalue weighted by Gasteiger charge is 2.20. The molecule has 292 valence electrons. The highest BCUT2D eigenvalue weighted by molar-refractivity contribution is 5.76. The summed E-state index contributed by atoms with van der Waals surface area (Å²) >= 11 is 0. The first kappa shape index (κ1) is 48.3. The SMILES string of the molecule is CC/C=C\C/C=C\CCCCCCCCCCCCCCC(O)CC(=O)NC(CO)C(O)/C=C/CC/C=C/CCCCCCCCCCCC. The van der Waals surface area contributed by atoms with Crippen molar-refractivity contribution < 1.29 is 20.1 Å². The topological polar surface area (TPSA) is 89.8 Å². The summed E-state index contributed by atoms with van der Waals surface area (Å²) in [6.07, 6.45) is 51.1. The van der Waals surface area contributed by atoms with E-state index in [1.165, 1.54) is 135 Å². The van der Waals surface area contributed by atoms with Gasteiger partial charge in [0.2, 0.25) is 5.91 Å². The average Bonchev–Trinajstić information content (AvgIpc) is 3.11. The van der Waals surface area contributed by atoms with Gasteiger partial charge in [0.05, 0.1) is 31.3 Å². The van der Waals surface area contributed by atoms with Crippen molar-refractivity contribution >= 4 is 5.91 Å². The molecule has 0 saturated heterocycles. The number of allylic oxidation sites excluding steroid dienone is 7. The van der Waals surface area contributed by atoms with Crippen LogP contribution in [0.4, 0.5) is 0 Å². The minimum Gasteiger partial charge on any atom is -0.394 e. The predicted molar refractivity (Wildman–Crippen MR) is 217 cm³/mol. The fourth-order valence-electron chi connectivity index (χ4n) is 6.33. The fourth-order valence-corrected chi connectivity index (χ4v) is 6.33. The van der Waals surface area contributed by atoms with Gasteiger partial charge in [0.15, 0.2) is 0 Å². The van der Waals surface area contributed by atoms with Crippen LogP contribution in [0, 0.1) is 0 Å². The van der Waals surface area contributed by atoms with Gasteiger partial charge >= 0.3 is 0 Å². The van der Waals surface area contributed by atoms with Gasteiger partial charge in [-0.3, -0.25) is 4.79 Å². The van der Waals surface area contributed by atoms with Crippen LogP contribution in [0.3, 0.4) is 0 Å². The monoisotopic (exact) mass is 702 g/mol.